The van der Waals surface area contributed by atoms with Gasteiger partial charge in [0.2, 0.25) is 0 Å². The highest BCUT2D eigenvalue weighted by atomic mass is 32.1. The molecule has 0 fully saturated rings. The Bertz CT molecular complexity index is 4370. The maximum atomic E-state index is 7.31. The molecule has 0 spiro atoms. The van der Waals surface area contributed by atoms with Crippen molar-refractivity contribution in [2.75, 3.05) is 14.2 Å². The number of furan rings is 1. The fourth-order valence-electron chi connectivity index (χ4n) is 9.87. The summed E-state index contributed by atoms with van der Waals surface area (Å²) in [5, 5.41) is 5.14. The van der Waals surface area contributed by atoms with Crippen molar-refractivity contribution in [3.63, 3.8) is 0 Å². The minimum absolute atomic E-state index is 0.0974. The molecule has 1 aliphatic carbocycles. The van der Waals surface area contributed by atoms with E-state index < -0.39 is 0 Å². The molecule has 5 nitrogen and oxygen atoms in total. The Labute approximate surface area is 904 Å². The van der Waals surface area contributed by atoms with Crippen molar-refractivity contribution in [3.05, 3.63) is 539 Å². The van der Waals surface area contributed by atoms with Crippen LogP contribution in [0, 0.1) is 6.92 Å². The Morgan fingerprint density at radius 3 is 0.634 bits per heavy atom. The number of nitrogens with zero attached hydrogens (tertiary/aromatic N) is 3. The van der Waals surface area contributed by atoms with Crippen LogP contribution in [-0.4, -0.2) is 29.2 Å². The Kier molecular flexibility index (Phi) is 143. The molecule has 0 N–H and O–H groups in total. The minimum atomic E-state index is -0.337. The molecular formula is C139H203N3O2S. The van der Waals surface area contributed by atoms with Gasteiger partial charge in [-0.15, -0.1) is 11.3 Å². The lowest BCUT2D eigenvalue weighted by molar-refractivity contribution is 0.277. The van der Waals surface area contributed by atoms with E-state index in [0.29, 0.717) is 5.56 Å². The van der Waals surface area contributed by atoms with Crippen LogP contribution in [-0.2, 0) is 10.2 Å². The molecule has 5 aromatic heterocycles. The number of hydrogen-bond acceptors (Lipinski definition) is 6. The molecule has 145 heavy (non-hydrogen) atoms. The van der Waals surface area contributed by atoms with Gasteiger partial charge in [-0.05, 0) is 72.6 Å². The van der Waals surface area contributed by atoms with Gasteiger partial charge in [-0.25, -0.2) is 0 Å². The van der Waals surface area contributed by atoms with Gasteiger partial charge in [0, 0.05) is 87.1 Å². The third-order valence-electron chi connectivity index (χ3n) is 15.0. The fraction of sp³-hybridized carbons (Fsp3) is 0.288. The standard InChI is InChI=1S/C14H13N.C12H8O.C12H8S.C7H8.8C6H6.2C5H5N.C2H6O.17C2H6/c1-14(2)11-7-4-3-6-10(11)13-12(14)8-5-9-15-13;2*1-3-7-11-9(5-1)10-6-2-4-8-12(10)13-11;1-7-5-3-2-4-6-7;10*1-2-4-6-5-3-1;1-3-2;17*1-2/h3-9H,1-2H3;2*1-8H;2-6H,1H3;8*1-6H;2*1-5H;1-2H3;17*1-2H3/i;;;2D,3D,4D,5D,6D;;;;;;;;;;;;;;;;;;;;;;;;;;;;. The van der Waals surface area contributed by atoms with E-state index in [4.69, 9.17) is 11.3 Å². The number of hydrogen-bond donors (Lipinski definition) is 0. The second-order valence-corrected chi connectivity index (χ2v) is 24.8. The van der Waals surface area contributed by atoms with Gasteiger partial charge in [0.25, 0.3) is 0 Å². The first-order chi connectivity index (χ1) is 74.0. The molecule has 0 aliphatic heterocycles. The van der Waals surface area contributed by atoms with E-state index in [1.54, 1.807) is 39.0 Å². The maximum absolute atomic E-state index is 7.31. The number of rotatable bonds is 0. The number of aromatic nitrogens is 3. The van der Waals surface area contributed by atoms with E-state index in [1.807, 2.05) is 623 Å². The van der Waals surface area contributed by atoms with E-state index in [1.165, 1.54) is 54.6 Å². The molecule has 6 heteroatoms. The number of pyridine rings is 3. The summed E-state index contributed by atoms with van der Waals surface area (Å²) in [6, 6.07) is 152. The van der Waals surface area contributed by atoms with E-state index in [2.05, 4.69) is 125 Å². The Balaban J connectivity index is -0.000000135. The molecule has 0 atom stereocenters. The van der Waals surface area contributed by atoms with Crippen LogP contribution in [0.3, 0.4) is 0 Å². The van der Waals surface area contributed by atoms with E-state index in [-0.39, 0.29) is 35.6 Å². The van der Waals surface area contributed by atoms with Gasteiger partial charge in [-0.1, -0.05) is 691 Å². The van der Waals surface area contributed by atoms with Crippen molar-refractivity contribution >= 4 is 53.4 Å². The molecule has 0 amide bonds. The summed E-state index contributed by atoms with van der Waals surface area (Å²) < 4.78 is 49.0. The summed E-state index contributed by atoms with van der Waals surface area (Å²) in [5.41, 5.74) is 7.48. The van der Waals surface area contributed by atoms with Crippen LogP contribution >= 0.6 is 11.3 Å². The average molecular weight is 1990 g/mol. The summed E-state index contributed by atoms with van der Waals surface area (Å²) in [4.78, 5) is 12.1. The van der Waals surface area contributed by atoms with Crippen LogP contribution in [0.15, 0.2) is 527 Å². The third kappa shape index (κ3) is 92.7. The fourth-order valence-corrected chi connectivity index (χ4v) is 11.0. The first-order valence-electron chi connectivity index (χ1n) is 55.9. The molecule has 0 saturated carbocycles. The summed E-state index contributed by atoms with van der Waals surface area (Å²) in [6.45, 7) is 74.0. The highest BCUT2D eigenvalue weighted by Crippen LogP contribution is 2.47. The molecule has 5 heterocycles. The molecule has 19 aromatic rings. The van der Waals surface area contributed by atoms with Crippen molar-refractivity contribution in [1.29, 1.82) is 0 Å². The SMILES string of the molecule is CC.CC.CC.CC.CC.CC.CC.CC.CC.CC.CC.CC.CC.CC.CC.CC.CC.CC1(C)c2ccccc2-c2ncccc21.COC.[2H]c1c([2H])c([2H])c(C)c([2H])c1[2H].c1ccc2c(c1)oc1ccccc12.c1ccc2c(c1)sc1ccccc12.c1ccccc1.c1ccccc1.c1ccccc1.c1ccccc1.c1ccccc1.c1ccccc1.c1ccccc1.c1ccccc1.c1ccncc1.c1ccncc1. The molecule has 1 aliphatic rings. The number of para-hydroxylation sites is 2. The van der Waals surface area contributed by atoms with Crippen LogP contribution in [0.1, 0.15) is 273 Å². The average Bonchev–Trinajstić information content (AvgIpc) is 1.59. The quantitative estimate of drug-likeness (QED) is 0.151. The maximum Gasteiger partial charge on any atom is 0.135 e. The molecule has 792 valence electrons. The summed E-state index contributed by atoms with van der Waals surface area (Å²) in [5.74, 6) is 0. The summed E-state index contributed by atoms with van der Waals surface area (Å²) in [7, 11) is 3.25. The monoisotopic (exact) mass is 1980 g/mol. The van der Waals surface area contributed by atoms with Crippen molar-refractivity contribution in [1.82, 2.24) is 15.0 Å². The summed E-state index contributed by atoms with van der Waals surface area (Å²) >= 11 is 1.86. The molecule has 0 bridgehead atoms. The van der Waals surface area contributed by atoms with Crippen LogP contribution < -0.4 is 0 Å². The molecule has 0 saturated heterocycles. The lowest BCUT2D eigenvalue weighted by Gasteiger charge is -2.20. The van der Waals surface area contributed by atoms with Gasteiger partial charge in [-0.2, -0.15) is 0 Å². The second-order valence-electron chi connectivity index (χ2n) is 23.7. The van der Waals surface area contributed by atoms with Crippen molar-refractivity contribution in [3.8, 4) is 11.3 Å². The van der Waals surface area contributed by atoms with Gasteiger partial charge >= 0.3 is 0 Å². The largest absolute Gasteiger partial charge is 0.456 e. The highest BCUT2D eigenvalue weighted by molar-refractivity contribution is 7.25. The van der Waals surface area contributed by atoms with E-state index >= 15 is 0 Å². The summed E-state index contributed by atoms with van der Waals surface area (Å²) in [6.07, 6.45) is 8.87. The number of benzene rings is 14. The number of fused-ring (bicyclic) bond motifs is 9. The number of ether oxygens (including phenoxy) is 1. The van der Waals surface area contributed by atoms with E-state index in [0.717, 1.165) is 16.9 Å². The zero-order chi connectivity index (χ0) is 116. The van der Waals surface area contributed by atoms with Crippen molar-refractivity contribution in [2.24, 2.45) is 0 Å². The normalized spacial score (nSPS) is 8.67. The third-order valence-corrected chi connectivity index (χ3v) is 16.1. The zero-order valence-electron chi connectivity index (χ0n) is 103. The number of methoxy groups -OCH3 is 1. The molecular weight excluding hydrogens is 1780 g/mol. The Morgan fingerprint density at radius 1 is 0.221 bits per heavy atom. The van der Waals surface area contributed by atoms with Gasteiger partial charge < -0.3 is 9.15 Å². The van der Waals surface area contributed by atoms with Gasteiger partial charge in [0.1, 0.15) is 11.2 Å². The van der Waals surface area contributed by atoms with Gasteiger partial charge in [0.05, 0.1) is 12.5 Å². The van der Waals surface area contributed by atoms with Crippen molar-refractivity contribution in [2.45, 2.75) is 262 Å². The van der Waals surface area contributed by atoms with Gasteiger partial charge in [0.15, 0.2) is 0 Å². The number of thiophene rings is 1. The smallest absolute Gasteiger partial charge is 0.135 e. The predicted octanol–water partition coefficient (Wildman–Crippen LogP) is 46.4. The van der Waals surface area contributed by atoms with Crippen LogP contribution in [0.2, 0.25) is 0 Å². The predicted molar refractivity (Wildman–Crippen MR) is 672 cm³/mol. The topological polar surface area (TPSA) is 61.0 Å². The van der Waals surface area contributed by atoms with Crippen LogP contribution in [0.5, 0.6) is 0 Å². The second kappa shape index (κ2) is 143. The van der Waals surface area contributed by atoms with Crippen LogP contribution in [0.4, 0.5) is 0 Å². The minimum Gasteiger partial charge on any atom is -0.456 e. The highest BCUT2D eigenvalue weighted by Gasteiger charge is 2.35. The first-order valence-corrected chi connectivity index (χ1v) is 54.2. The Morgan fingerprint density at radius 2 is 0.414 bits per heavy atom. The molecule has 20 rings (SSSR count). The van der Waals surface area contributed by atoms with Crippen LogP contribution in [0.25, 0.3) is 53.4 Å². The first kappa shape index (κ1) is 144. The molecule has 0 radical (unpaired) electrons. The molecule has 14 aromatic carbocycles. The van der Waals surface area contributed by atoms with Crippen molar-refractivity contribution < 1.29 is 16.0 Å². The van der Waals surface area contributed by atoms with Gasteiger partial charge in [-0.3, -0.25) is 15.0 Å². The lowest BCUT2D eigenvalue weighted by atomic mass is 9.83. The van der Waals surface area contributed by atoms with E-state index in [9.17, 15) is 0 Å². The lowest BCUT2D eigenvalue weighted by Crippen LogP contribution is -2.14. The Hall–Kier alpha value is -13.5. The zero-order valence-corrected chi connectivity index (χ0v) is 98.6. The molecule has 0 unspecified atom stereocenters.